The van der Waals surface area contributed by atoms with Crippen molar-refractivity contribution in [1.82, 2.24) is 40.5 Å². The van der Waals surface area contributed by atoms with Crippen molar-refractivity contribution < 1.29 is 48.2 Å². The summed E-state index contributed by atoms with van der Waals surface area (Å²) in [6, 6.07) is 10.3. The van der Waals surface area contributed by atoms with Crippen LogP contribution in [-0.2, 0) is 44.7 Å². The highest BCUT2D eigenvalue weighted by Crippen LogP contribution is 2.37. The molecule has 1 aromatic heterocycles. The number of esters is 1. The number of benzene rings is 2. The van der Waals surface area contributed by atoms with Gasteiger partial charge in [0.25, 0.3) is 5.91 Å². The molecule has 0 aliphatic carbocycles. The lowest BCUT2D eigenvalue weighted by molar-refractivity contribution is -0.157. The first-order chi connectivity index (χ1) is 34.1. The van der Waals surface area contributed by atoms with Crippen molar-refractivity contribution in [2.45, 2.75) is 113 Å². The number of ketones is 1. The SMILES string of the molecule is CCC1NC(=O)[C@@H](NC(=O)c2ncccc2O)[C@@H](C)OC(=O)[C@H](c2ccccc2)NC(=O)[C@@H]2CC(=O)[C@H](CSC3CN4CCC3CC4)CN2C(=O)[C@H](Cc2ccc(C)cc2)N(C)C(=O)[C@@H]2CCCN2C1=O. The molecule has 6 saturated heterocycles. The summed E-state index contributed by atoms with van der Waals surface area (Å²) < 4.78 is 5.96. The fourth-order valence-electron chi connectivity index (χ4n) is 10.6. The molecular formula is C52H64N8O10S. The van der Waals surface area contributed by atoms with Gasteiger partial charge in [-0.05, 0) is 88.2 Å². The number of Topliss-reactive ketones (excluding diaryl/α,β-unsaturated/α-hetero) is 1. The van der Waals surface area contributed by atoms with Crippen LogP contribution in [0.2, 0.25) is 0 Å². The Kier molecular flexibility index (Phi) is 16.1. The van der Waals surface area contributed by atoms with Gasteiger partial charge in [0.2, 0.25) is 29.5 Å². The maximum atomic E-state index is 15.6. The van der Waals surface area contributed by atoms with Crippen LogP contribution in [0, 0.1) is 18.8 Å². The van der Waals surface area contributed by atoms with Crippen molar-refractivity contribution in [3.8, 4) is 5.75 Å². The van der Waals surface area contributed by atoms with E-state index in [1.165, 1.54) is 47.0 Å². The number of hydrogen-bond donors (Lipinski definition) is 4. The van der Waals surface area contributed by atoms with Crippen LogP contribution in [0.3, 0.4) is 0 Å². The minimum atomic E-state index is -1.69. The molecule has 6 aliphatic rings. The number of aryl methyl sites for hydroxylation is 1. The zero-order valence-corrected chi connectivity index (χ0v) is 41.5. The number of thioether (sulfide) groups is 1. The third kappa shape index (κ3) is 11.4. The van der Waals surface area contributed by atoms with Crippen molar-refractivity contribution in [2.24, 2.45) is 11.8 Å². The maximum Gasteiger partial charge on any atom is 0.333 e. The molecule has 3 aromatic rings. The molecule has 2 aromatic carbocycles. The number of likely N-dealkylation sites (N-methyl/N-ethyl adjacent to an activating group) is 1. The van der Waals surface area contributed by atoms with Gasteiger partial charge in [-0.25, -0.2) is 9.78 Å². The normalized spacial score (nSPS) is 30.1. The largest absolute Gasteiger partial charge is 0.505 e. The molecule has 19 heteroatoms. The topological polar surface area (TPSA) is 228 Å². The van der Waals surface area contributed by atoms with Crippen molar-refractivity contribution in [2.75, 3.05) is 45.5 Å². The molecule has 2 bridgehead atoms. The quantitative estimate of drug-likeness (QED) is 0.227. The second-order valence-electron chi connectivity index (χ2n) is 19.5. The molecule has 71 heavy (non-hydrogen) atoms. The van der Waals surface area contributed by atoms with E-state index in [2.05, 4.69) is 25.8 Å². The average Bonchev–Trinajstić information content (AvgIpc) is 3.88. The minimum Gasteiger partial charge on any atom is -0.505 e. The summed E-state index contributed by atoms with van der Waals surface area (Å²) in [5, 5.41) is 18.8. The van der Waals surface area contributed by atoms with Gasteiger partial charge < -0.3 is 45.4 Å². The van der Waals surface area contributed by atoms with E-state index in [1.54, 1.807) is 49.0 Å². The Balaban J connectivity index is 1.19. The summed E-state index contributed by atoms with van der Waals surface area (Å²) in [7, 11) is 1.52. The van der Waals surface area contributed by atoms with Crippen molar-refractivity contribution >= 4 is 59.0 Å². The number of ether oxygens (including phenoxy) is 1. The monoisotopic (exact) mass is 992 g/mol. The molecule has 6 fully saturated rings. The number of aromatic hydroxyl groups is 1. The number of rotatable bonds is 9. The highest BCUT2D eigenvalue weighted by atomic mass is 32.2. The van der Waals surface area contributed by atoms with Crippen LogP contribution in [0.25, 0.3) is 0 Å². The maximum absolute atomic E-state index is 15.6. The summed E-state index contributed by atoms with van der Waals surface area (Å²) >= 11 is 1.73. The van der Waals surface area contributed by atoms with Crippen molar-refractivity contribution in [3.05, 3.63) is 95.3 Å². The minimum absolute atomic E-state index is 0.0493. The van der Waals surface area contributed by atoms with Gasteiger partial charge >= 0.3 is 5.97 Å². The predicted molar refractivity (Wildman–Crippen MR) is 262 cm³/mol. The fraction of sp³-hybridized carbons (Fsp3) is 0.519. The molecule has 9 rings (SSSR count). The molecule has 378 valence electrons. The summed E-state index contributed by atoms with van der Waals surface area (Å²) in [5.74, 6) is -5.77. The Morgan fingerprint density at radius 2 is 1.58 bits per heavy atom. The van der Waals surface area contributed by atoms with Crippen LogP contribution >= 0.6 is 11.8 Å². The van der Waals surface area contributed by atoms with Crippen molar-refractivity contribution in [1.29, 1.82) is 0 Å². The van der Waals surface area contributed by atoms with Gasteiger partial charge in [-0.1, -0.05) is 67.1 Å². The van der Waals surface area contributed by atoms with Crippen LogP contribution in [0.4, 0.5) is 0 Å². The number of nitrogens with one attached hydrogen (secondary N) is 3. The Bertz CT molecular complexity index is 2490. The molecule has 4 N–H and O–H groups in total. The molecule has 18 nitrogen and oxygen atoms in total. The number of pyridine rings is 1. The van der Waals surface area contributed by atoms with Gasteiger partial charge in [0, 0.05) is 62.6 Å². The van der Waals surface area contributed by atoms with E-state index in [0.717, 1.165) is 43.6 Å². The first-order valence-electron chi connectivity index (χ1n) is 24.7. The van der Waals surface area contributed by atoms with Gasteiger partial charge in [-0.3, -0.25) is 33.6 Å². The summed E-state index contributed by atoms with van der Waals surface area (Å²) in [6.07, 6.45) is 2.46. The molecular weight excluding hydrogens is 929 g/mol. The van der Waals surface area contributed by atoms with E-state index in [4.69, 9.17) is 4.74 Å². The van der Waals surface area contributed by atoms with E-state index < -0.39 is 101 Å². The van der Waals surface area contributed by atoms with Crippen LogP contribution in [0.15, 0.2) is 72.9 Å². The van der Waals surface area contributed by atoms with Crippen LogP contribution < -0.4 is 16.0 Å². The number of amides is 6. The van der Waals surface area contributed by atoms with Crippen LogP contribution in [0.5, 0.6) is 5.75 Å². The fourth-order valence-corrected chi connectivity index (χ4v) is 12.2. The van der Waals surface area contributed by atoms with E-state index in [1.807, 2.05) is 31.2 Å². The molecule has 7 heterocycles. The third-order valence-electron chi connectivity index (χ3n) is 14.8. The average molecular weight is 993 g/mol. The number of piperidine rings is 4. The van der Waals surface area contributed by atoms with Crippen LogP contribution in [0.1, 0.15) is 85.6 Å². The first kappa shape index (κ1) is 51.0. The summed E-state index contributed by atoms with van der Waals surface area (Å²) in [6.45, 7) is 8.07. The van der Waals surface area contributed by atoms with E-state index >= 15 is 4.79 Å². The van der Waals surface area contributed by atoms with E-state index in [-0.39, 0.29) is 50.1 Å². The van der Waals surface area contributed by atoms with Gasteiger partial charge in [0.05, 0.1) is 0 Å². The molecule has 6 aliphatic heterocycles. The van der Waals surface area contributed by atoms with Gasteiger partial charge in [-0.2, -0.15) is 11.8 Å². The lowest BCUT2D eigenvalue weighted by Crippen LogP contribution is -2.63. The first-order valence-corrected chi connectivity index (χ1v) is 25.8. The van der Waals surface area contributed by atoms with Crippen LogP contribution in [-0.4, -0.2) is 164 Å². The second-order valence-corrected chi connectivity index (χ2v) is 20.8. The number of hydrogen-bond acceptors (Lipinski definition) is 13. The molecule has 6 amide bonds. The predicted octanol–water partition coefficient (Wildman–Crippen LogP) is 2.57. The number of carbonyl (C=O) groups is 8. The van der Waals surface area contributed by atoms with E-state index in [0.29, 0.717) is 23.3 Å². The molecule has 9 atom stereocenters. The summed E-state index contributed by atoms with van der Waals surface area (Å²) in [4.78, 5) is 128. The molecule has 0 spiro atoms. The second kappa shape index (κ2) is 22.4. The standard InChI is InChI=1S/C52H64N8O10S/c1-5-36-49(66)59-22-10-13-37(59)50(67)57(4)39(25-32-17-15-30(2)16-18-32)51(68)60-27-35(29-71-42-28-58-23-19-33(42)20-24-58)41(62)26-38(60)46(63)56-44(34-11-7-6-8-12-34)52(69)70-31(3)43(47(64)54-36)55-48(65)45-40(61)14-9-21-53-45/h6-9,11-12,14-18,21,31,33,35-39,42-44,61H,5,10,13,19-20,22-29H2,1-4H3,(H,54,64)(H,55,65)(H,56,63)/t31-,35+,36?,37+,38+,39+,42?,43+,44+/m1/s1. The number of aromatic nitrogens is 1. The molecule has 0 saturated carbocycles. The van der Waals surface area contributed by atoms with Gasteiger partial charge in [-0.15, -0.1) is 0 Å². The highest BCUT2D eigenvalue weighted by Gasteiger charge is 2.48. The molecule has 2 unspecified atom stereocenters. The van der Waals surface area contributed by atoms with Gasteiger partial charge in [0.1, 0.15) is 47.8 Å². The number of fused-ring (bicyclic) bond motifs is 5. The Morgan fingerprint density at radius 1 is 0.845 bits per heavy atom. The Labute approximate surface area is 418 Å². The van der Waals surface area contributed by atoms with E-state index in [9.17, 15) is 38.7 Å². The zero-order valence-electron chi connectivity index (χ0n) is 40.7. The highest BCUT2D eigenvalue weighted by molar-refractivity contribution is 8.00. The number of carbonyl (C=O) groups excluding carboxylic acids is 8. The van der Waals surface area contributed by atoms with Crippen molar-refractivity contribution in [3.63, 3.8) is 0 Å². The zero-order chi connectivity index (χ0) is 50.5. The smallest absolute Gasteiger partial charge is 0.333 e. The number of cyclic esters (lactones) is 1. The Hall–Kier alpha value is -6.34. The number of nitrogens with zero attached hydrogens (tertiary/aromatic N) is 5. The lowest BCUT2D eigenvalue weighted by Gasteiger charge is -2.45. The third-order valence-corrected chi connectivity index (χ3v) is 16.4. The van der Waals surface area contributed by atoms with Gasteiger partial charge in [0.15, 0.2) is 11.7 Å². The summed E-state index contributed by atoms with van der Waals surface area (Å²) in [5.41, 5.74) is 1.58. The molecule has 0 radical (unpaired) electrons. The lowest BCUT2D eigenvalue weighted by atomic mass is 9.88. The Morgan fingerprint density at radius 3 is 2.25 bits per heavy atom.